The average molecular weight is 282 g/mol. The summed E-state index contributed by atoms with van der Waals surface area (Å²) in [4.78, 5) is 4.58. The van der Waals surface area contributed by atoms with Gasteiger partial charge in [0.25, 0.3) is 0 Å². The van der Waals surface area contributed by atoms with Gasteiger partial charge in [-0.2, -0.15) is 11.8 Å². The topological polar surface area (TPSA) is 41.4 Å². The van der Waals surface area contributed by atoms with Gasteiger partial charge in [-0.15, -0.1) is 0 Å². The van der Waals surface area contributed by atoms with Gasteiger partial charge < -0.3 is 15.2 Å². The van der Waals surface area contributed by atoms with E-state index in [0.717, 1.165) is 38.6 Å². The van der Waals surface area contributed by atoms with Gasteiger partial charge in [0.2, 0.25) is 0 Å². The van der Waals surface area contributed by atoms with Gasteiger partial charge in [-0.25, -0.2) is 0 Å². The molecule has 0 radical (unpaired) electrons. The molecule has 0 saturated heterocycles. The van der Waals surface area contributed by atoms with Gasteiger partial charge in [-0.05, 0) is 43.9 Å². The summed E-state index contributed by atoms with van der Waals surface area (Å²) in [6.07, 6.45) is 8.71. The highest BCUT2D eigenvalue weighted by Crippen LogP contribution is 1.98. The minimum absolute atomic E-state index is 0.894. The third-order valence-electron chi connectivity index (χ3n) is 2.70. The van der Waals surface area contributed by atoms with Gasteiger partial charge in [0.05, 0.1) is 0 Å². The Balaban J connectivity index is 2.20. The molecule has 1 aromatic heterocycles. The number of hydrogen-bond acceptors (Lipinski definition) is 2. The van der Waals surface area contributed by atoms with Crippen LogP contribution in [-0.2, 0) is 6.54 Å². The van der Waals surface area contributed by atoms with Gasteiger partial charge in [0.15, 0.2) is 5.96 Å². The highest BCUT2D eigenvalue weighted by molar-refractivity contribution is 7.98. The fourth-order valence-corrected chi connectivity index (χ4v) is 2.21. The number of rotatable bonds is 9. The smallest absolute Gasteiger partial charge is 0.191 e. The van der Waals surface area contributed by atoms with E-state index in [1.807, 2.05) is 23.9 Å². The second-order valence-electron chi connectivity index (χ2n) is 4.31. The maximum atomic E-state index is 4.58. The molecule has 1 aromatic rings. The van der Waals surface area contributed by atoms with E-state index < -0.39 is 0 Å². The van der Waals surface area contributed by atoms with Crippen LogP contribution in [0.3, 0.4) is 0 Å². The van der Waals surface area contributed by atoms with E-state index >= 15 is 0 Å². The molecule has 0 fully saturated rings. The molecule has 0 bridgehead atoms. The standard InChI is InChI=1S/C14H26N4S/c1-3-15-14(16-8-4-7-13-19-2)17-9-12-18-10-5-6-11-18/h5-6,10-11H,3-4,7-9,12-13H2,1-2H3,(H2,15,16,17). The molecule has 0 aliphatic rings. The molecule has 0 unspecified atom stereocenters. The Morgan fingerprint density at radius 1 is 1.21 bits per heavy atom. The first kappa shape index (κ1) is 16.0. The molecule has 0 amide bonds. The number of nitrogens with one attached hydrogen (secondary N) is 2. The molecular formula is C14H26N4S. The van der Waals surface area contributed by atoms with Crippen molar-refractivity contribution in [2.45, 2.75) is 26.3 Å². The first-order valence-electron chi connectivity index (χ1n) is 6.98. The number of unbranched alkanes of at least 4 members (excludes halogenated alkanes) is 1. The van der Waals surface area contributed by atoms with Gasteiger partial charge >= 0.3 is 0 Å². The summed E-state index contributed by atoms with van der Waals surface area (Å²) in [6, 6.07) is 4.09. The largest absolute Gasteiger partial charge is 0.357 e. The number of nitrogens with zero attached hydrogens (tertiary/aromatic N) is 2. The van der Waals surface area contributed by atoms with Gasteiger partial charge in [0, 0.05) is 38.6 Å². The van der Waals surface area contributed by atoms with Crippen molar-refractivity contribution in [3.05, 3.63) is 24.5 Å². The van der Waals surface area contributed by atoms with Crippen molar-refractivity contribution in [3.63, 3.8) is 0 Å². The maximum Gasteiger partial charge on any atom is 0.191 e. The lowest BCUT2D eigenvalue weighted by molar-refractivity contribution is 0.664. The van der Waals surface area contributed by atoms with Crippen LogP contribution in [0, 0.1) is 0 Å². The Labute approximate surface area is 121 Å². The number of hydrogen-bond donors (Lipinski definition) is 2. The van der Waals surface area contributed by atoms with Gasteiger partial charge in [0.1, 0.15) is 0 Å². The Bertz CT molecular complexity index is 335. The van der Waals surface area contributed by atoms with E-state index in [9.17, 15) is 0 Å². The maximum absolute atomic E-state index is 4.58. The van der Waals surface area contributed by atoms with Crippen LogP contribution in [0.4, 0.5) is 0 Å². The lowest BCUT2D eigenvalue weighted by atomic mass is 10.3. The van der Waals surface area contributed by atoms with E-state index in [0.29, 0.717) is 0 Å². The number of guanidine groups is 1. The SMILES string of the molecule is CCNC(=NCCCCSC)NCCn1cccc1. The van der Waals surface area contributed by atoms with E-state index in [1.54, 1.807) is 0 Å². The first-order chi connectivity index (χ1) is 9.36. The van der Waals surface area contributed by atoms with Crippen LogP contribution in [0.25, 0.3) is 0 Å². The Morgan fingerprint density at radius 2 is 2.00 bits per heavy atom. The molecule has 2 N–H and O–H groups in total. The molecule has 0 atom stereocenters. The first-order valence-corrected chi connectivity index (χ1v) is 8.38. The molecule has 1 heterocycles. The zero-order valence-electron chi connectivity index (χ0n) is 12.1. The molecule has 0 aliphatic heterocycles. The van der Waals surface area contributed by atoms with Crippen molar-refractivity contribution in [1.29, 1.82) is 0 Å². The average Bonchev–Trinajstić information content (AvgIpc) is 2.91. The van der Waals surface area contributed by atoms with Crippen molar-refractivity contribution >= 4 is 17.7 Å². The van der Waals surface area contributed by atoms with Crippen LogP contribution in [0.2, 0.25) is 0 Å². The quantitative estimate of drug-likeness (QED) is 0.414. The molecular weight excluding hydrogens is 256 g/mol. The normalized spacial score (nSPS) is 11.6. The van der Waals surface area contributed by atoms with E-state index in [1.165, 1.54) is 12.2 Å². The fraction of sp³-hybridized carbons (Fsp3) is 0.643. The zero-order chi connectivity index (χ0) is 13.8. The second-order valence-corrected chi connectivity index (χ2v) is 5.29. The van der Waals surface area contributed by atoms with Crippen LogP contribution < -0.4 is 10.6 Å². The minimum Gasteiger partial charge on any atom is -0.357 e. The number of aliphatic imine (C=N–C) groups is 1. The highest BCUT2D eigenvalue weighted by Gasteiger charge is 1.96. The van der Waals surface area contributed by atoms with Crippen LogP contribution in [-0.4, -0.2) is 42.2 Å². The fourth-order valence-electron chi connectivity index (χ4n) is 1.71. The van der Waals surface area contributed by atoms with Crippen LogP contribution >= 0.6 is 11.8 Å². The van der Waals surface area contributed by atoms with Crippen molar-refractivity contribution in [1.82, 2.24) is 15.2 Å². The van der Waals surface area contributed by atoms with Crippen molar-refractivity contribution in [2.24, 2.45) is 4.99 Å². The molecule has 4 nitrogen and oxygen atoms in total. The Kier molecular flexibility index (Phi) is 9.06. The number of thioether (sulfide) groups is 1. The molecule has 0 aliphatic carbocycles. The zero-order valence-corrected chi connectivity index (χ0v) is 12.9. The van der Waals surface area contributed by atoms with Crippen LogP contribution in [0.1, 0.15) is 19.8 Å². The van der Waals surface area contributed by atoms with E-state index in [4.69, 9.17) is 0 Å². The second kappa shape index (κ2) is 10.8. The van der Waals surface area contributed by atoms with Gasteiger partial charge in [-0.1, -0.05) is 0 Å². The summed E-state index contributed by atoms with van der Waals surface area (Å²) >= 11 is 1.90. The Hall–Kier alpha value is -1.10. The third kappa shape index (κ3) is 7.82. The van der Waals surface area contributed by atoms with E-state index in [2.05, 4.69) is 45.8 Å². The Morgan fingerprint density at radius 3 is 2.68 bits per heavy atom. The van der Waals surface area contributed by atoms with Crippen molar-refractivity contribution in [3.8, 4) is 0 Å². The molecule has 0 saturated carbocycles. The summed E-state index contributed by atoms with van der Waals surface area (Å²) in [6.45, 7) is 5.76. The van der Waals surface area contributed by atoms with Crippen LogP contribution in [0.15, 0.2) is 29.5 Å². The van der Waals surface area contributed by atoms with Crippen LogP contribution in [0.5, 0.6) is 0 Å². The molecule has 5 heteroatoms. The lowest BCUT2D eigenvalue weighted by Gasteiger charge is -2.11. The summed E-state index contributed by atoms with van der Waals surface area (Å²) in [7, 11) is 0. The predicted molar refractivity (Wildman–Crippen MR) is 86.0 cm³/mol. The predicted octanol–water partition coefficient (Wildman–Crippen LogP) is 2.19. The lowest BCUT2D eigenvalue weighted by Crippen LogP contribution is -2.38. The third-order valence-corrected chi connectivity index (χ3v) is 3.40. The molecule has 0 aromatic carbocycles. The molecule has 0 spiro atoms. The van der Waals surface area contributed by atoms with Crippen molar-refractivity contribution in [2.75, 3.05) is 31.6 Å². The summed E-state index contributed by atoms with van der Waals surface area (Å²) < 4.78 is 2.16. The van der Waals surface area contributed by atoms with Crippen molar-refractivity contribution < 1.29 is 0 Å². The summed E-state index contributed by atoms with van der Waals surface area (Å²) in [5.41, 5.74) is 0. The molecule has 1 rings (SSSR count). The van der Waals surface area contributed by atoms with E-state index in [-0.39, 0.29) is 0 Å². The minimum atomic E-state index is 0.894. The van der Waals surface area contributed by atoms with Gasteiger partial charge in [-0.3, -0.25) is 4.99 Å². The monoisotopic (exact) mass is 282 g/mol. The highest BCUT2D eigenvalue weighted by atomic mass is 32.2. The summed E-state index contributed by atoms with van der Waals surface area (Å²) in [5.74, 6) is 2.16. The molecule has 108 valence electrons. The molecule has 19 heavy (non-hydrogen) atoms. The summed E-state index contributed by atoms with van der Waals surface area (Å²) in [5, 5.41) is 6.64. The number of aromatic nitrogens is 1.